The third-order valence-electron chi connectivity index (χ3n) is 5.80. The summed E-state index contributed by atoms with van der Waals surface area (Å²) in [7, 11) is 0. The molecule has 1 fully saturated rings. The third kappa shape index (κ3) is 3.36. The van der Waals surface area contributed by atoms with Crippen LogP contribution in [0.1, 0.15) is 37.1 Å². The molecule has 1 aliphatic carbocycles. The molecular formula is C22H20F2N6O2. The van der Waals surface area contributed by atoms with Gasteiger partial charge in [-0.2, -0.15) is 0 Å². The summed E-state index contributed by atoms with van der Waals surface area (Å²) in [5, 5.41) is 22.2. The summed E-state index contributed by atoms with van der Waals surface area (Å²) in [6.07, 6.45) is 4.35. The number of fused-ring (bicyclic) bond motifs is 3. The molecule has 0 radical (unpaired) electrons. The van der Waals surface area contributed by atoms with E-state index in [0.29, 0.717) is 23.1 Å². The number of hydrogen-bond acceptors (Lipinski definition) is 6. The van der Waals surface area contributed by atoms with Crippen molar-refractivity contribution < 1.29 is 18.7 Å². The van der Waals surface area contributed by atoms with E-state index in [1.165, 1.54) is 0 Å². The highest BCUT2D eigenvalue weighted by Crippen LogP contribution is 2.49. The Balaban J connectivity index is 1.56. The molecule has 8 nitrogen and oxygen atoms in total. The molecule has 32 heavy (non-hydrogen) atoms. The second-order valence-corrected chi connectivity index (χ2v) is 8.07. The number of halogens is 2. The summed E-state index contributed by atoms with van der Waals surface area (Å²) in [5.41, 5.74) is 3.70. The quantitative estimate of drug-likeness (QED) is 0.492. The van der Waals surface area contributed by atoms with Gasteiger partial charge in [-0.3, -0.25) is 14.2 Å². The van der Waals surface area contributed by atoms with Crippen LogP contribution in [0.4, 0.5) is 14.6 Å². The highest BCUT2D eigenvalue weighted by atomic mass is 19.3. The zero-order chi connectivity index (χ0) is 22.6. The number of anilines is 1. The van der Waals surface area contributed by atoms with Gasteiger partial charge in [-0.1, -0.05) is 6.92 Å². The van der Waals surface area contributed by atoms with Crippen LogP contribution in [0, 0.1) is 12.8 Å². The van der Waals surface area contributed by atoms with Crippen molar-refractivity contribution >= 4 is 28.1 Å². The Labute approximate surface area is 181 Å². The lowest BCUT2D eigenvalue weighted by Gasteiger charge is -2.14. The molecular weight excluding hydrogens is 418 g/mol. The van der Waals surface area contributed by atoms with Gasteiger partial charge in [0.2, 0.25) is 5.91 Å². The fraction of sp³-hybridized carbons (Fsp3) is 0.318. The minimum Gasteiger partial charge on any atom is -0.387 e. The maximum atomic E-state index is 13.2. The van der Waals surface area contributed by atoms with Crippen molar-refractivity contribution in [3.8, 4) is 11.3 Å². The maximum absolute atomic E-state index is 13.2. The fourth-order valence-corrected chi connectivity index (χ4v) is 3.81. The normalized spacial score (nSPS) is 18.1. The Morgan fingerprint density at radius 3 is 2.78 bits per heavy atom. The molecule has 4 aromatic heterocycles. The molecule has 10 heteroatoms. The topological polar surface area (TPSA) is 105 Å². The van der Waals surface area contributed by atoms with Gasteiger partial charge >= 0.3 is 0 Å². The lowest BCUT2D eigenvalue weighted by Crippen LogP contribution is -2.18. The van der Waals surface area contributed by atoms with Crippen LogP contribution >= 0.6 is 0 Å². The Hall–Kier alpha value is -3.53. The van der Waals surface area contributed by atoms with E-state index in [0.717, 1.165) is 22.2 Å². The standard InChI is InChI=1S/C22H20F2N6O2/c1-3-18(31)16-4-11(2)14(9-25-16)17-5-12-8-26-19(28-21(32)15-7-22(15,23)24)6-13(12)20-29-27-10-30(17)20/h4-6,8-10,15,18,31H,3,7H2,1-2H3,(H,26,28,32)/t15-,18?/m1/s1. The number of aliphatic hydroxyl groups excluding tert-OH is 1. The summed E-state index contributed by atoms with van der Waals surface area (Å²) >= 11 is 0. The van der Waals surface area contributed by atoms with E-state index in [-0.39, 0.29) is 5.82 Å². The molecule has 1 amide bonds. The number of aryl methyl sites for hydroxylation is 1. The number of aromatic nitrogens is 5. The van der Waals surface area contributed by atoms with E-state index < -0.39 is 30.3 Å². The molecule has 1 aliphatic rings. The largest absolute Gasteiger partial charge is 0.387 e. The van der Waals surface area contributed by atoms with E-state index in [4.69, 9.17) is 0 Å². The number of hydrogen-bond donors (Lipinski definition) is 2. The second-order valence-electron chi connectivity index (χ2n) is 8.07. The lowest BCUT2D eigenvalue weighted by atomic mass is 10.0. The molecule has 0 spiro atoms. The van der Waals surface area contributed by atoms with Crippen LogP contribution in [0.15, 0.2) is 36.9 Å². The number of pyridine rings is 3. The van der Waals surface area contributed by atoms with Crippen LogP contribution in [-0.4, -0.2) is 41.5 Å². The summed E-state index contributed by atoms with van der Waals surface area (Å²) in [6.45, 7) is 3.83. The van der Waals surface area contributed by atoms with Crippen LogP contribution < -0.4 is 5.32 Å². The Bertz CT molecular complexity index is 1370. The molecule has 164 valence electrons. The monoisotopic (exact) mass is 438 g/mol. The van der Waals surface area contributed by atoms with E-state index >= 15 is 0 Å². The summed E-state index contributed by atoms with van der Waals surface area (Å²) < 4.78 is 28.1. The Morgan fingerprint density at radius 2 is 2.09 bits per heavy atom. The highest BCUT2D eigenvalue weighted by Gasteiger charge is 2.61. The molecule has 4 aromatic rings. The van der Waals surface area contributed by atoms with Crippen LogP contribution in [0.3, 0.4) is 0 Å². The Morgan fingerprint density at radius 1 is 1.31 bits per heavy atom. The molecule has 0 aromatic carbocycles. The van der Waals surface area contributed by atoms with Gasteiger partial charge in [-0.15, -0.1) is 10.2 Å². The van der Waals surface area contributed by atoms with Crippen molar-refractivity contribution in [2.24, 2.45) is 5.92 Å². The van der Waals surface area contributed by atoms with Crippen molar-refractivity contribution in [2.75, 3.05) is 5.32 Å². The number of rotatable bonds is 5. The fourth-order valence-electron chi connectivity index (χ4n) is 3.81. The number of carbonyl (C=O) groups is 1. The van der Waals surface area contributed by atoms with Crippen molar-refractivity contribution in [3.63, 3.8) is 0 Å². The first-order valence-corrected chi connectivity index (χ1v) is 10.2. The molecule has 0 bridgehead atoms. The van der Waals surface area contributed by atoms with Gasteiger partial charge in [0.25, 0.3) is 5.92 Å². The van der Waals surface area contributed by atoms with Gasteiger partial charge in [0.05, 0.1) is 17.5 Å². The average Bonchev–Trinajstić information content (AvgIpc) is 3.18. The molecule has 1 unspecified atom stereocenters. The van der Waals surface area contributed by atoms with Gasteiger partial charge < -0.3 is 10.4 Å². The molecule has 2 N–H and O–H groups in total. The molecule has 1 saturated carbocycles. The predicted octanol–water partition coefficient (Wildman–Crippen LogP) is 3.69. The summed E-state index contributed by atoms with van der Waals surface area (Å²) in [4.78, 5) is 20.7. The second kappa shape index (κ2) is 7.27. The van der Waals surface area contributed by atoms with Gasteiger partial charge in [0.1, 0.15) is 18.1 Å². The molecule has 4 heterocycles. The average molecular weight is 438 g/mol. The first-order valence-electron chi connectivity index (χ1n) is 10.2. The number of aliphatic hydroxyl groups is 1. The van der Waals surface area contributed by atoms with Gasteiger partial charge in [-0.05, 0) is 37.1 Å². The molecule has 0 saturated heterocycles. The molecule has 2 atom stereocenters. The van der Waals surface area contributed by atoms with E-state index in [2.05, 4.69) is 25.5 Å². The van der Waals surface area contributed by atoms with Crippen molar-refractivity contribution in [2.45, 2.75) is 38.7 Å². The first-order chi connectivity index (χ1) is 15.3. The van der Waals surface area contributed by atoms with Crippen molar-refractivity contribution in [3.05, 3.63) is 48.2 Å². The third-order valence-corrected chi connectivity index (χ3v) is 5.80. The van der Waals surface area contributed by atoms with Gasteiger partial charge in [-0.25, -0.2) is 13.8 Å². The lowest BCUT2D eigenvalue weighted by molar-refractivity contribution is -0.119. The van der Waals surface area contributed by atoms with E-state index in [9.17, 15) is 18.7 Å². The predicted molar refractivity (Wildman–Crippen MR) is 113 cm³/mol. The van der Waals surface area contributed by atoms with E-state index in [1.807, 2.05) is 26.0 Å². The first kappa shape index (κ1) is 20.4. The molecule has 5 rings (SSSR count). The highest BCUT2D eigenvalue weighted by molar-refractivity contribution is 6.00. The Kier molecular flexibility index (Phi) is 4.63. The van der Waals surface area contributed by atoms with Gasteiger partial charge in [0, 0.05) is 35.2 Å². The minimum atomic E-state index is -2.94. The number of nitrogens with one attached hydrogen (secondary N) is 1. The zero-order valence-electron chi connectivity index (χ0n) is 17.4. The summed E-state index contributed by atoms with van der Waals surface area (Å²) in [6, 6.07) is 5.36. The van der Waals surface area contributed by atoms with Crippen molar-refractivity contribution in [1.29, 1.82) is 0 Å². The number of alkyl halides is 2. The minimum absolute atomic E-state index is 0.179. The maximum Gasteiger partial charge on any atom is 0.260 e. The van der Waals surface area contributed by atoms with Crippen molar-refractivity contribution in [1.82, 2.24) is 24.6 Å². The van der Waals surface area contributed by atoms with E-state index in [1.54, 1.807) is 29.2 Å². The van der Waals surface area contributed by atoms with Crippen LogP contribution in [0.2, 0.25) is 0 Å². The number of carbonyl (C=O) groups excluding carboxylic acids is 1. The molecule has 0 aliphatic heterocycles. The SMILES string of the molecule is CCC(O)c1cc(C)c(-c2cc3cnc(NC(=O)[C@H]4CC4(F)F)cc3c3nncn23)cn1. The van der Waals surface area contributed by atoms with Gasteiger partial charge in [0.15, 0.2) is 5.65 Å². The van der Waals surface area contributed by atoms with Crippen LogP contribution in [0.25, 0.3) is 27.7 Å². The van der Waals surface area contributed by atoms with Crippen LogP contribution in [0.5, 0.6) is 0 Å². The smallest absolute Gasteiger partial charge is 0.260 e. The van der Waals surface area contributed by atoms with Crippen LogP contribution in [-0.2, 0) is 4.79 Å². The number of amides is 1. The zero-order valence-corrected chi connectivity index (χ0v) is 17.4. The summed E-state index contributed by atoms with van der Waals surface area (Å²) in [5.74, 6) is -4.81. The number of nitrogens with zero attached hydrogens (tertiary/aromatic N) is 5.